The maximum absolute atomic E-state index is 9.34. The van der Waals surface area contributed by atoms with Gasteiger partial charge in [0.25, 0.3) is 0 Å². The normalized spacial score (nSPS) is 26.0. The lowest BCUT2D eigenvalue weighted by Gasteiger charge is -2.16. The molecule has 1 aromatic rings. The molecule has 0 radical (unpaired) electrons. The minimum absolute atomic E-state index is 0.0946. The van der Waals surface area contributed by atoms with Gasteiger partial charge in [-0.1, -0.05) is 41.2 Å². The summed E-state index contributed by atoms with van der Waals surface area (Å²) in [6, 6.07) is 0. The lowest BCUT2D eigenvalue weighted by molar-refractivity contribution is 0.316. The molecule has 0 saturated carbocycles. The molecular weight excluding hydrogens is 286 g/mol. The van der Waals surface area contributed by atoms with Crippen molar-refractivity contribution < 1.29 is 5.21 Å². The first-order valence-corrected chi connectivity index (χ1v) is 8.09. The van der Waals surface area contributed by atoms with Crippen molar-refractivity contribution in [1.82, 2.24) is 20.2 Å². The maximum Gasteiger partial charge on any atom is 0.209 e. The van der Waals surface area contributed by atoms with Crippen LogP contribution in [0.4, 0.5) is 0 Å². The number of hydrogen-bond donors (Lipinski definition) is 1. The Morgan fingerprint density at radius 3 is 2.57 bits per heavy atom. The van der Waals surface area contributed by atoms with Gasteiger partial charge in [-0.25, -0.2) is 4.68 Å². The predicted octanol–water partition coefficient (Wildman–Crippen LogP) is 2.97. The fraction of sp³-hybridized carbons (Fsp3) is 0.571. The summed E-state index contributed by atoms with van der Waals surface area (Å²) >= 11 is 1.56. The van der Waals surface area contributed by atoms with E-state index in [1.54, 1.807) is 16.4 Å². The summed E-state index contributed by atoms with van der Waals surface area (Å²) in [6.07, 6.45) is 14.5. The summed E-state index contributed by atoms with van der Waals surface area (Å²) < 4.78 is 1.64. The van der Waals surface area contributed by atoms with E-state index >= 15 is 0 Å². The molecule has 0 spiro atoms. The zero-order valence-electron chi connectivity index (χ0n) is 12.2. The fourth-order valence-electron chi connectivity index (χ4n) is 2.16. The second-order valence-electron chi connectivity index (χ2n) is 4.92. The molecule has 114 valence electrons. The Balaban J connectivity index is 2.10. The number of aryl methyl sites for hydroxylation is 1. The van der Waals surface area contributed by atoms with Crippen molar-refractivity contribution in [3.8, 4) is 0 Å². The molecule has 1 aliphatic carbocycles. The first-order valence-electron chi connectivity index (χ1n) is 7.21. The molecular formula is C14H21N5OS. The molecule has 7 heteroatoms. The van der Waals surface area contributed by atoms with E-state index in [2.05, 4.69) is 45.0 Å². The summed E-state index contributed by atoms with van der Waals surface area (Å²) in [5.41, 5.74) is 0.807. The van der Waals surface area contributed by atoms with Crippen molar-refractivity contribution in [1.29, 1.82) is 0 Å². The number of aromatic nitrogens is 4. The van der Waals surface area contributed by atoms with Gasteiger partial charge in [-0.15, -0.1) is 5.10 Å². The van der Waals surface area contributed by atoms with Gasteiger partial charge in [-0.2, -0.15) is 0 Å². The van der Waals surface area contributed by atoms with Crippen LogP contribution in [0.3, 0.4) is 0 Å². The molecule has 0 aliphatic heterocycles. The largest absolute Gasteiger partial charge is 0.411 e. The van der Waals surface area contributed by atoms with Crippen LogP contribution in [0.15, 0.2) is 34.6 Å². The second-order valence-corrected chi connectivity index (χ2v) is 6.09. The second kappa shape index (κ2) is 8.61. The van der Waals surface area contributed by atoms with Gasteiger partial charge in [-0.3, -0.25) is 0 Å². The third kappa shape index (κ3) is 5.00. The molecule has 0 aromatic carbocycles. The quantitative estimate of drug-likeness (QED) is 0.516. The van der Waals surface area contributed by atoms with Gasteiger partial charge in [-0.05, 0) is 49.0 Å². The highest BCUT2D eigenvalue weighted by atomic mass is 32.2. The van der Waals surface area contributed by atoms with Crippen LogP contribution in [-0.2, 0) is 7.05 Å². The molecule has 1 aliphatic rings. The smallest absolute Gasteiger partial charge is 0.209 e. The fourth-order valence-corrected chi connectivity index (χ4v) is 3.24. The first-order chi connectivity index (χ1) is 10.3. The van der Waals surface area contributed by atoms with Crippen molar-refractivity contribution in [2.24, 2.45) is 12.2 Å². The number of rotatable bonds is 2. The van der Waals surface area contributed by atoms with Crippen LogP contribution in [0.5, 0.6) is 0 Å². The topological polar surface area (TPSA) is 76.2 Å². The summed E-state index contributed by atoms with van der Waals surface area (Å²) in [5.74, 6) is 0. The van der Waals surface area contributed by atoms with Crippen LogP contribution >= 0.6 is 11.8 Å². The third-order valence-corrected chi connectivity index (χ3v) is 4.67. The number of tetrazole rings is 1. The highest BCUT2D eigenvalue weighted by Gasteiger charge is 2.20. The van der Waals surface area contributed by atoms with Gasteiger partial charge in [0.15, 0.2) is 0 Å². The summed E-state index contributed by atoms with van der Waals surface area (Å²) in [7, 11) is 1.82. The Labute approximate surface area is 129 Å². The van der Waals surface area contributed by atoms with E-state index < -0.39 is 0 Å². The minimum Gasteiger partial charge on any atom is -0.411 e. The molecule has 0 saturated heterocycles. The standard InChI is InChI=1S/C14H21N5OS/c1-19-14(15-17-18-19)21-13-11-9-7-5-3-2-4-6-8-10-12(13)16-20/h4-7,13,20H,2-3,8-11H2,1H3/b6-4+,7-5+,16-12-. The van der Waals surface area contributed by atoms with Crippen molar-refractivity contribution in [3.63, 3.8) is 0 Å². The molecule has 6 nitrogen and oxygen atoms in total. The van der Waals surface area contributed by atoms with Crippen LogP contribution in [0.2, 0.25) is 0 Å². The SMILES string of the molecule is Cn1nnnc1SC1CC/C=C/CC/C=C/CC/C1=N/O. The van der Waals surface area contributed by atoms with Crippen LogP contribution in [-0.4, -0.2) is 36.4 Å². The summed E-state index contributed by atoms with van der Waals surface area (Å²) in [5, 5.41) is 25.2. The Morgan fingerprint density at radius 1 is 1.19 bits per heavy atom. The van der Waals surface area contributed by atoms with Crippen molar-refractivity contribution in [2.75, 3.05) is 0 Å². The molecule has 21 heavy (non-hydrogen) atoms. The van der Waals surface area contributed by atoms with E-state index in [-0.39, 0.29) is 5.25 Å². The van der Waals surface area contributed by atoms with Gasteiger partial charge in [0.2, 0.25) is 5.16 Å². The number of allylic oxidation sites excluding steroid dienone is 4. The van der Waals surface area contributed by atoms with Crippen molar-refractivity contribution in [2.45, 2.75) is 48.9 Å². The lowest BCUT2D eigenvalue weighted by Crippen LogP contribution is -2.18. The molecule has 1 N–H and O–H groups in total. The molecule has 1 aromatic heterocycles. The number of nitrogens with zero attached hydrogens (tertiary/aromatic N) is 5. The van der Waals surface area contributed by atoms with Crippen molar-refractivity contribution >= 4 is 17.5 Å². The average molecular weight is 307 g/mol. The zero-order valence-corrected chi connectivity index (χ0v) is 13.0. The van der Waals surface area contributed by atoms with Crippen LogP contribution < -0.4 is 0 Å². The van der Waals surface area contributed by atoms with E-state index in [4.69, 9.17) is 0 Å². The Bertz CT molecular complexity index is 523. The lowest BCUT2D eigenvalue weighted by atomic mass is 10.1. The molecule has 0 amide bonds. The Hall–Kier alpha value is -1.63. The molecule has 1 heterocycles. The van der Waals surface area contributed by atoms with Crippen LogP contribution in [0.25, 0.3) is 0 Å². The van der Waals surface area contributed by atoms with E-state index in [9.17, 15) is 5.21 Å². The van der Waals surface area contributed by atoms with Gasteiger partial charge in [0, 0.05) is 7.05 Å². The highest BCUT2D eigenvalue weighted by Crippen LogP contribution is 2.27. The average Bonchev–Trinajstić information content (AvgIpc) is 2.87. The van der Waals surface area contributed by atoms with Gasteiger partial charge < -0.3 is 5.21 Å². The molecule has 0 bridgehead atoms. The van der Waals surface area contributed by atoms with Crippen molar-refractivity contribution in [3.05, 3.63) is 24.3 Å². The molecule has 1 unspecified atom stereocenters. The van der Waals surface area contributed by atoms with E-state index in [0.717, 1.165) is 49.4 Å². The Morgan fingerprint density at radius 2 is 1.90 bits per heavy atom. The van der Waals surface area contributed by atoms with E-state index in [0.29, 0.717) is 0 Å². The zero-order chi connectivity index (χ0) is 14.9. The van der Waals surface area contributed by atoms with E-state index in [1.807, 2.05) is 7.05 Å². The number of hydrogen-bond acceptors (Lipinski definition) is 6. The molecule has 2 rings (SSSR count). The summed E-state index contributed by atoms with van der Waals surface area (Å²) in [6.45, 7) is 0. The summed E-state index contributed by atoms with van der Waals surface area (Å²) in [4.78, 5) is 0. The number of thioether (sulfide) groups is 1. The highest BCUT2D eigenvalue weighted by molar-refractivity contribution is 8.00. The van der Waals surface area contributed by atoms with Crippen LogP contribution in [0, 0.1) is 0 Å². The Kier molecular flexibility index (Phi) is 6.46. The monoisotopic (exact) mass is 307 g/mol. The predicted molar refractivity (Wildman–Crippen MR) is 83.6 cm³/mol. The van der Waals surface area contributed by atoms with Gasteiger partial charge >= 0.3 is 0 Å². The maximum atomic E-state index is 9.34. The first kappa shape index (κ1) is 15.8. The van der Waals surface area contributed by atoms with Crippen LogP contribution in [0.1, 0.15) is 38.5 Å². The van der Waals surface area contributed by atoms with E-state index in [1.165, 1.54) is 0 Å². The molecule has 0 fully saturated rings. The molecule has 1 atom stereocenters. The third-order valence-electron chi connectivity index (χ3n) is 3.33. The number of oxime groups is 1. The minimum atomic E-state index is 0.0946. The van der Waals surface area contributed by atoms with Gasteiger partial charge in [0.05, 0.1) is 11.0 Å². The van der Waals surface area contributed by atoms with Gasteiger partial charge in [0.1, 0.15) is 0 Å².